The zero-order chi connectivity index (χ0) is 19.6. The fraction of sp³-hybridized carbons (Fsp3) is 0.391. The molecule has 0 radical (unpaired) electrons. The monoisotopic (exact) mass is 373 g/mol. The van der Waals surface area contributed by atoms with Crippen molar-refractivity contribution in [1.29, 1.82) is 0 Å². The summed E-state index contributed by atoms with van der Waals surface area (Å²) in [6.07, 6.45) is 4.22. The van der Waals surface area contributed by atoms with Gasteiger partial charge in [0.05, 0.1) is 11.2 Å². The van der Waals surface area contributed by atoms with Crippen molar-refractivity contribution in [2.75, 3.05) is 0 Å². The van der Waals surface area contributed by atoms with E-state index in [1.165, 1.54) is 18.2 Å². The van der Waals surface area contributed by atoms with Crippen LogP contribution in [0.25, 0.3) is 22.2 Å². The summed E-state index contributed by atoms with van der Waals surface area (Å²) in [6, 6.07) is 8.47. The molecule has 1 saturated carbocycles. The fourth-order valence-electron chi connectivity index (χ4n) is 4.06. The number of rotatable bonds is 2. The predicted octanol–water partition coefficient (Wildman–Crippen LogP) is 7.57. The van der Waals surface area contributed by atoms with E-state index in [2.05, 4.69) is 11.9 Å². The maximum atomic E-state index is 14.3. The molecule has 4 heteroatoms. The Morgan fingerprint density at radius 3 is 2.11 bits per heavy atom. The highest BCUT2D eigenvalue weighted by Crippen LogP contribution is 2.44. The van der Waals surface area contributed by atoms with E-state index in [0.717, 1.165) is 48.6 Å². The molecule has 1 aromatic heterocycles. The van der Waals surface area contributed by atoms with Crippen LogP contribution in [-0.4, -0.2) is 4.98 Å². The summed E-state index contributed by atoms with van der Waals surface area (Å²) in [5, 5.41) is 0.608. The van der Waals surface area contributed by atoms with Gasteiger partial charge in [0.25, 0.3) is 0 Å². The lowest BCUT2D eigenvalue weighted by molar-refractivity contribution is 0.349. The summed E-state index contributed by atoms with van der Waals surface area (Å²) in [5.41, 5.74) is 2.87. The van der Waals surface area contributed by atoms with Gasteiger partial charge in [-0.15, -0.1) is 0 Å². The van der Waals surface area contributed by atoms with E-state index in [9.17, 15) is 13.2 Å². The molecule has 0 unspecified atom stereocenters. The summed E-state index contributed by atoms with van der Waals surface area (Å²) < 4.78 is 41.5. The highest BCUT2D eigenvalue weighted by atomic mass is 19.1. The second kappa shape index (κ2) is 8.20. The van der Waals surface area contributed by atoms with Gasteiger partial charge in [-0.1, -0.05) is 33.6 Å². The third-order valence-corrected chi connectivity index (χ3v) is 5.42. The van der Waals surface area contributed by atoms with Crippen molar-refractivity contribution < 1.29 is 13.2 Å². The van der Waals surface area contributed by atoms with Crippen molar-refractivity contribution in [3.8, 4) is 11.3 Å². The Balaban J connectivity index is 0.00000102. The van der Waals surface area contributed by atoms with E-state index in [1.807, 2.05) is 13.8 Å². The van der Waals surface area contributed by atoms with Crippen molar-refractivity contribution in [3.63, 3.8) is 0 Å². The molecule has 0 amide bonds. The van der Waals surface area contributed by atoms with Crippen molar-refractivity contribution in [1.82, 2.24) is 4.98 Å². The molecular formula is C23H26F3N. The van der Waals surface area contributed by atoms with Gasteiger partial charge in [-0.25, -0.2) is 13.2 Å². The Kier molecular flexibility index (Phi) is 5.93. The topological polar surface area (TPSA) is 15.8 Å². The summed E-state index contributed by atoms with van der Waals surface area (Å²) in [5.74, 6) is -0.533. The number of nitrogens with one attached hydrogen (secondary N) is 1. The van der Waals surface area contributed by atoms with Crippen LogP contribution in [0.3, 0.4) is 0 Å². The van der Waals surface area contributed by atoms with Gasteiger partial charge in [0.15, 0.2) is 0 Å². The van der Waals surface area contributed by atoms with E-state index >= 15 is 0 Å². The number of aromatic amines is 1. The standard InChI is InChI=1S/C21H20F3N.C2H6/c1-12-2-4-13(5-3-12)19-17-10-16(23)11-18(24)21(17)25-20(19)14-6-8-15(22)9-7-14;1-2/h6-13,25H,2-5H2,1H3;1-2H3. The lowest BCUT2D eigenvalue weighted by Crippen LogP contribution is -2.11. The molecule has 0 saturated heterocycles. The summed E-state index contributed by atoms with van der Waals surface area (Å²) in [7, 11) is 0. The van der Waals surface area contributed by atoms with E-state index in [0.29, 0.717) is 16.8 Å². The molecule has 1 heterocycles. The van der Waals surface area contributed by atoms with Gasteiger partial charge in [-0.3, -0.25) is 0 Å². The molecule has 0 bridgehead atoms. The first-order chi connectivity index (χ1) is 13.0. The minimum Gasteiger partial charge on any atom is -0.352 e. The highest BCUT2D eigenvalue weighted by Gasteiger charge is 2.27. The number of halogens is 3. The van der Waals surface area contributed by atoms with Crippen LogP contribution in [0.15, 0.2) is 36.4 Å². The number of H-pyrrole nitrogens is 1. The Bertz CT molecular complexity index is 904. The molecule has 2 aromatic carbocycles. The highest BCUT2D eigenvalue weighted by molar-refractivity contribution is 5.92. The molecule has 3 aromatic rings. The van der Waals surface area contributed by atoms with Crippen LogP contribution < -0.4 is 0 Å². The normalized spacial score (nSPS) is 19.6. The first kappa shape index (κ1) is 19.5. The summed E-state index contributed by atoms with van der Waals surface area (Å²) in [6.45, 7) is 6.24. The van der Waals surface area contributed by atoms with E-state index in [-0.39, 0.29) is 11.7 Å². The second-order valence-corrected chi connectivity index (χ2v) is 7.19. The minimum atomic E-state index is -0.589. The van der Waals surface area contributed by atoms with Gasteiger partial charge in [-0.05, 0) is 66.1 Å². The number of hydrogen-bond acceptors (Lipinski definition) is 0. The molecule has 1 fully saturated rings. The van der Waals surface area contributed by atoms with E-state index < -0.39 is 11.6 Å². The average molecular weight is 373 g/mol. The maximum Gasteiger partial charge on any atom is 0.150 e. The summed E-state index contributed by atoms with van der Waals surface area (Å²) >= 11 is 0. The van der Waals surface area contributed by atoms with E-state index in [4.69, 9.17) is 0 Å². The van der Waals surface area contributed by atoms with Crippen LogP contribution in [0.1, 0.15) is 57.9 Å². The maximum absolute atomic E-state index is 14.3. The van der Waals surface area contributed by atoms with Crippen LogP contribution in [0, 0.1) is 23.4 Å². The SMILES string of the molecule is CC.CC1CCC(c2c(-c3ccc(F)cc3)[nH]c3c(F)cc(F)cc23)CC1. The number of aromatic nitrogens is 1. The molecule has 1 nitrogen and oxygen atoms in total. The number of benzene rings is 2. The molecular weight excluding hydrogens is 347 g/mol. The van der Waals surface area contributed by atoms with Crippen molar-refractivity contribution in [3.05, 3.63) is 59.4 Å². The molecule has 0 aliphatic heterocycles. The van der Waals surface area contributed by atoms with Gasteiger partial charge < -0.3 is 4.98 Å². The molecule has 0 spiro atoms. The largest absolute Gasteiger partial charge is 0.352 e. The van der Waals surface area contributed by atoms with Crippen molar-refractivity contribution in [2.24, 2.45) is 5.92 Å². The Morgan fingerprint density at radius 1 is 0.852 bits per heavy atom. The average Bonchev–Trinajstić information content (AvgIpc) is 3.04. The first-order valence-corrected chi connectivity index (χ1v) is 9.79. The Labute approximate surface area is 158 Å². The zero-order valence-electron chi connectivity index (χ0n) is 16.1. The van der Waals surface area contributed by atoms with Gasteiger partial charge in [-0.2, -0.15) is 0 Å². The quantitative estimate of drug-likeness (QED) is 0.477. The Hall–Kier alpha value is -2.23. The molecule has 4 rings (SSSR count). The number of fused-ring (bicyclic) bond motifs is 1. The molecule has 27 heavy (non-hydrogen) atoms. The van der Waals surface area contributed by atoms with Crippen LogP contribution in [0.4, 0.5) is 13.2 Å². The van der Waals surface area contributed by atoms with Crippen LogP contribution in [0.5, 0.6) is 0 Å². The number of hydrogen-bond donors (Lipinski definition) is 1. The third-order valence-electron chi connectivity index (χ3n) is 5.42. The summed E-state index contributed by atoms with van der Waals surface area (Å²) in [4.78, 5) is 3.14. The predicted molar refractivity (Wildman–Crippen MR) is 105 cm³/mol. The van der Waals surface area contributed by atoms with Gasteiger partial charge >= 0.3 is 0 Å². The van der Waals surface area contributed by atoms with Crippen LogP contribution in [-0.2, 0) is 0 Å². The Morgan fingerprint density at radius 2 is 1.48 bits per heavy atom. The van der Waals surface area contributed by atoms with Gasteiger partial charge in [0.1, 0.15) is 17.5 Å². The third kappa shape index (κ3) is 3.90. The lowest BCUT2D eigenvalue weighted by atomic mass is 9.78. The van der Waals surface area contributed by atoms with Crippen LogP contribution in [0.2, 0.25) is 0 Å². The molecule has 144 valence electrons. The lowest BCUT2D eigenvalue weighted by Gasteiger charge is -2.27. The molecule has 1 N–H and O–H groups in total. The van der Waals surface area contributed by atoms with Gasteiger partial charge in [0, 0.05) is 11.5 Å². The smallest absolute Gasteiger partial charge is 0.150 e. The molecule has 1 aliphatic carbocycles. The van der Waals surface area contributed by atoms with Gasteiger partial charge in [0.2, 0.25) is 0 Å². The van der Waals surface area contributed by atoms with Crippen LogP contribution >= 0.6 is 0 Å². The van der Waals surface area contributed by atoms with E-state index in [1.54, 1.807) is 12.1 Å². The fourth-order valence-corrected chi connectivity index (χ4v) is 4.06. The minimum absolute atomic E-state index is 0.256. The first-order valence-electron chi connectivity index (χ1n) is 9.79. The molecule has 1 aliphatic rings. The zero-order valence-corrected chi connectivity index (χ0v) is 16.1. The second-order valence-electron chi connectivity index (χ2n) is 7.19. The molecule has 0 atom stereocenters. The van der Waals surface area contributed by atoms with Crippen molar-refractivity contribution in [2.45, 2.75) is 52.4 Å². The van der Waals surface area contributed by atoms with Crippen molar-refractivity contribution >= 4 is 10.9 Å².